The molecular formula is C13H12F2N2O. The lowest BCUT2D eigenvalue weighted by Gasteiger charge is -2.11. The average Bonchev–Trinajstić information content (AvgIpc) is 2.36. The minimum absolute atomic E-state index is 0.0341. The number of hydrogen-bond acceptors (Lipinski definition) is 3. The van der Waals surface area contributed by atoms with Crippen LogP contribution in [-0.4, -0.2) is 7.11 Å². The predicted molar refractivity (Wildman–Crippen MR) is 67.0 cm³/mol. The highest BCUT2D eigenvalue weighted by molar-refractivity contribution is 5.74. The van der Waals surface area contributed by atoms with Gasteiger partial charge < -0.3 is 15.8 Å². The van der Waals surface area contributed by atoms with Gasteiger partial charge >= 0.3 is 0 Å². The van der Waals surface area contributed by atoms with Gasteiger partial charge in [0.25, 0.3) is 0 Å². The van der Waals surface area contributed by atoms with Gasteiger partial charge in [-0.25, -0.2) is 8.78 Å². The second-order valence-electron chi connectivity index (χ2n) is 3.70. The van der Waals surface area contributed by atoms with Crippen molar-refractivity contribution in [2.75, 3.05) is 18.2 Å². The number of ether oxygens (including phenoxy) is 1. The number of halogens is 2. The first kappa shape index (κ1) is 12.2. The van der Waals surface area contributed by atoms with Crippen molar-refractivity contribution in [1.82, 2.24) is 0 Å². The van der Waals surface area contributed by atoms with Crippen LogP contribution in [0, 0.1) is 11.6 Å². The van der Waals surface area contributed by atoms with Crippen LogP contribution in [0.3, 0.4) is 0 Å². The van der Waals surface area contributed by atoms with Gasteiger partial charge in [0.05, 0.1) is 24.2 Å². The monoisotopic (exact) mass is 250 g/mol. The Bertz CT molecular complexity index is 573. The van der Waals surface area contributed by atoms with Gasteiger partial charge in [0, 0.05) is 12.1 Å². The van der Waals surface area contributed by atoms with Crippen molar-refractivity contribution in [3.63, 3.8) is 0 Å². The Hall–Kier alpha value is -2.30. The molecule has 0 spiro atoms. The van der Waals surface area contributed by atoms with Crippen molar-refractivity contribution >= 4 is 17.1 Å². The SMILES string of the molecule is COc1ccc(Nc2cc(F)ccc2F)c(N)c1. The van der Waals surface area contributed by atoms with Gasteiger partial charge in [-0.2, -0.15) is 0 Å². The topological polar surface area (TPSA) is 47.3 Å². The number of nitrogens with two attached hydrogens (primary N) is 1. The van der Waals surface area contributed by atoms with Crippen LogP contribution < -0.4 is 15.8 Å². The summed E-state index contributed by atoms with van der Waals surface area (Å²) in [5, 5.41) is 2.74. The molecule has 0 unspecified atom stereocenters. The molecule has 0 bridgehead atoms. The molecule has 0 aliphatic carbocycles. The Balaban J connectivity index is 2.31. The number of nitrogen functional groups attached to an aromatic ring is 1. The molecule has 18 heavy (non-hydrogen) atoms. The van der Waals surface area contributed by atoms with Crippen molar-refractivity contribution in [1.29, 1.82) is 0 Å². The summed E-state index contributed by atoms with van der Waals surface area (Å²) in [6, 6.07) is 8.09. The zero-order chi connectivity index (χ0) is 13.1. The van der Waals surface area contributed by atoms with Crippen molar-refractivity contribution < 1.29 is 13.5 Å². The first-order chi connectivity index (χ1) is 8.60. The second-order valence-corrected chi connectivity index (χ2v) is 3.70. The lowest BCUT2D eigenvalue weighted by molar-refractivity contribution is 0.415. The van der Waals surface area contributed by atoms with Gasteiger partial charge in [-0.1, -0.05) is 0 Å². The van der Waals surface area contributed by atoms with Gasteiger partial charge in [-0.15, -0.1) is 0 Å². The van der Waals surface area contributed by atoms with Gasteiger partial charge in [0.1, 0.15) is 17.4 Å². The molecule has 0 saturated heterocycles. The fourth-order valence-corrected chi connectivity index (χ4v) is 1.52. The summed E-state index contributed by atoms with van der Waals surface area (Å²) in [5.41, 5.74) is 6.68. The highest BCUT2D eigenvalue weighted by atomic mass is 19.1. The maximum atomic E-state index is 13.4. The summed E-state index contributed by atoms with van der Waals surface area (Å²) < 4.78 is 31.5. The van der Waals surface area contributed by atoms with Crippen LogP contribution in [0.4, 0.5) is 25.8 Å². The number of hydrogen-bond donors (Lipinski definition) is 2. The smallest absolute Gasteiger partial charge is 0.146 e. The van der Waals surface area contributed by atoms with E-state index < -0.39 is 11.6 Å². The number of methoxy groups -OCH3 is 1. The van der Waals surface area contributed by atoms with E-state index >= 15 is 0 Å². The fourth-order valence-electron chi connectivity index (χ4n) is 1.52. The van der Waals surface area contributed by atoms with Crippen molar-refractivity contribution in [2.24, 2.45) is 0 Å². The lowest BCUT2D eigenvalue weighted by atomic mass is 10.2. The Morgan fingerprint density at radius 2 is 1.83 bits per heavy atom. The van der Waals surface area contributed by atoms with Gasteiger partial charge in [0.2, 0.25) is 0 Å². The lowest BCUT2D eigenvalue weighted by Crippen LogP contribution is -1.99. The molecule has 2 rings (SSSR count). The molecule has 94 valence electrons. The van der Waals surface area contributed by atoms with Crippen LogP contribution in [0.2, 0.25) is 0 Å². The second kappa shape index (κ2) is 4.91. The number of rotatable bonds is 3. The minimum Gasteiger partial charge on any atom is -0.497 e. The van der Waals surface area contributed by atoms with Crippen LogP contribution in [0.5, 0.6) is 5.75 Å². The van der Waals surface area contributed by atoms with E-state index in [4.69, 9.17) is 10.5 Å². The van der Waals surface area contributed by atoms with E-state index in [0.717, 1.165) is 18.2 Å². The molecule has 0 heterocycles. The third-order valence-corrected chi connectivity index (χ3v) is 2.46. The summed E-state index contributed by atoms with van der Waals surface area (Å²) in [7, 11) is 1.52. The average molecular weight is 250 g/mol. The molecule has 2 aromatic carbocycles. The summed E-state index contributed by atoms with van der Waals surface area (Å²) in [6.07, 6.45) is 0. The molecule has 0 fully saturated rings. The zero-order valence-corrected chi connectivity index (χ0v) is 9.71. The summed E-state index contributed by atoms with van der Waals surface area (Å²) in [5.74, 6) is -0.477. The molecule has 0 saturated carbocycles. The maximum Gasteiger partial charge on any atom is 0.146 e. The Labute approximate surface area is 103 Å². The first-order valence-corrected chi connectivity index (χ1v) is 5.26. The Morgan fingerprint density at radius 1 is 1.06 bits per heavy atom. The quantitative estimate of drug-likeness (QED) is 0.822. The summed E-state index contributed by atoms with van der Waals surface area (Å²) in [4.78, 5) is 0. The van der Waals surface area contributed by atoms with Crippen LogP contribution in [0.25, 0.3) is 0 Å². The summed E-state index contributed by atoms with van der Waals surface area (Å²) in [6.45, 7) is 0. The maximum absolute atomic E-state index is 13.4. The molecule has 0 radical (unpaired) electrons. The molecule has 0 aliphatic rings. The van der Waals surface area contributed by atoms with Gasteiger partial charge in [-0.05, 0) is 24.3 Å². The standard InChI is InChI=1S/C13H12F2N2O/c1-18-9-3-5-12(11(16)7-9)17-13-6-8(14)2-4-10(13)15/h2-7,17H,16H2,1H3. The minimum atomic E-state index is -0.549. The molecule has 5 heteroatoms. The zero-order valence-electron chi connectivity index (χ0n) is 9.71. The Morgan fingerprint density at radius 3 is 2.50 bits per heavy atom. The van der Waals surface area contributed by atoms with Gasteiger partial charge in [0.15, 0.2) is 0 Å². The Kier molecular flexibility index (Phi) is 3.32. The van der Waals surface area contributed by atoms with Crippen LogP contribution in [0.1, 0.15) is 0 Å². The third kappa shape index (κ3) is 2.51. The molecule has 3 nitrogen and oxygen atoms in total. The summed E-state index contributed by atoms with van der Waals surface area (Å²) >= 11 is 0. The highest BCUT2D eigenvalue weighted by Gasteiger charge is 2.06. The molecule has 2 aromatic rings. The van der Waals surface area contributed by atoms with E-state index in [1.807, 2.05) is 0 Å². The number of nitrogens with one attached hydrogen (secondary N) is 1. The number of anilines is 3. The van der Waals surface area contributed by atoms with Crippen LogP contribution in [-0.2, 0) is 0 Å². The first-order valence-electron chi connectivity index (χ1n) is 5.26. The predicted octanol–water partition coefficient (Wildman–Crippen LogP) is 3.30. The van der Waals surface area contributed by atoms with Crippen molar-refractivity contribution in [2.45, 2.75) is 0 Å². The van der Waals surface area contributed by atoms with Crippen LogP contribution in [0.15, 0.2) is 36.4 Å². The third-order valence-electron chi connectivity index (χ3n) is 2.46. The van der Waals surface area contributed by atoms with E-state index in [1.54, 1.807) is 18.2 Å². The molecule has 0 aromatic heterocycles. The molecule has 3 N–H and O–H groups in total. The fraction of sp³-hybridized carbons (Fsp3) is 0.0769. The van der Waals surface area contributed by atoms with E-state index in [1.165, 1.54) is 7.11 Å². The van der Waals surface area contributed by atoms with E-state index in [-0.39, 0.29) is 5.69 Å². The largest absolute Gasteiger partial charge is 0.497 e. The van der Waals surface area contributed by atoms with E-state index in [0.29, 0.717) is 17.1 Å². The molecule has 0 amide bonds. The van der Waals surface area contributed by atoms with Crippen molar-refractivity contribution in [3.05, 3.63) is 48.0 Å². The molecular weight excluding hydrogens is 238 g/mol. The highest BCUT2D eigenvalue weighted by Crippen LogP contribution is 2.28. The van der Waals surface area contributed by atoms with Gasteiger partial charge in [-0.3, -0.25) is 0 Å². The van der Waals surface area contributed by atoms with E-state index in [9.17, 15) is 8.78 Å². The van der Waals surface area contributed by atoms with E-state index in [2.05, 4.69) is 5.32 Å². The number of benzene rings is 2. The normalized spacial score (nSPS) is 10.2. The van der Waals surface area contributed by atoms with Crippen molar-refractivity contribution in [3.8, 4) is 5.75 Å². The van der Waals surface area contributed by atoms with Crippen LogP contribution >= 0.6 is 0 Å². The molecule has 0 atom stereocenters. The molecule has 0 aliphatic heterocycles.